The second kappa shape index (κ2) is 9.75. The number of nitrogens with one attached hydrogen (secondary N) is 1. The Morgan fingerprint density at radius 1 is 1.10 bits per heavy atom. The van der Waals surface area contributed by atoms with Crippen LogP contribution in [0.25, 0.3) is 0 Å². The molecule has 1 N–H and O–H groups in total. The molecule has 1 fully saturated rings. The van der Waals surface area contributed by atoms with Crippen molar-refractivity contribution < 1.29 is 9.53 Å². The third-order valence-corrected chi connectivity index (χ3v) is 6.88. The Morgan fingerprint density at radius 2 is 1.80 bits per heavy atom. The number of anilines is 1. The van der Waals surface area contributed by atoms with Crippen molar-refractivity contribution in [3.63, 3.8) is 0 Å². The molecule has 1 aromatic heterocycles. The van der Waals surface area contributed by atoms with Crippen LogP contribution < -0.4 is 5.32 Å². The number of aryl methyl sites for hydroxylation is 1. The largest absolute Gasteiger partial charge is 0.379 e. The minimum Gasteiger partial charge on any atom is -0.379 e. The van der Waals surface area contributed by atoms with Gasteiger partial charge in [-0.15, -0.1) is 11.3 Å². The van der Waals surface area contributed by atoms with Gasteiger partial charge in [0.1, 0.15) is 5.00 Å². The number of morpholine rings is 1. The molecule has 0 spiro atoms. The van der Waals surface area contributed by atoms with Gasteiger partial charge in [0.2, 0.25) is 0 Å². The molecule has 30 heavy (non-hydrogen) atoms. The van der Waals surface area contributed by atoms with E-state index in [1.54, 1.807) is 11.3 Å². The van der Waals surface area contributed by atoms with Crippen LogP contribution in [-0.2, 0) is 11.2 Å². The number of carbonyl (C=O) groups excluding carboxylic acids is 1. The molecule has 2 heterocycles. The van der Waals surface area contributed by atoms with Crippen molar-refractivity contribution in [2.24, 2.45) is 0 Å². The van der Waals surface area contributed by atoms with Gasteiger partial charge in [-0.3, -0.25) is 9.69 Å². The lowest BCUT2D eigenvalue weighted by atomic mass is 9.97. The Hall–Kier alpha value is -2.18. The minimum absolute atomic E-state index is 0.0368. The summed E-state index contributed by atoms with van der Waals surface area (Å²) in [5.74, 6) is -0.0961. The first-order chi connectivity index (χ1) is 14.7. The van der Waals surface area contributed by atoms with Crippen molar-refractivity contribution >= 4 is 33.8 Å². The van der Waals surface area contributed by atoms with E-state index >= 15 is 0 Å². The van der Waals surface area contributed by atoms with Crippen LogP contribution in [0.2, 0.25) is 5.02 Å². The SMILES string of the molecule is CCc1cc(C(c2ccccc2Cl)N2CCOCC2)c(NC(=O)c2ccccc2)s1. The Kier molecular flexibility index (Phi) is 6.85. The van der Waals surface area contributed by atoms with E-state index < -0.39 is 0 Å². The summed E-state index contributed by atoms with van der Waals surface area (Å²) in [5, 5.41) is 4.79. The number of hydrogen-bond donors (Lipinski definition) is 1. The lowest BCUT2D eigenvalue weighted by Gasteiger charge is -2.35. The van der Waals surface area contributed by atoms with Crippen LogP contribution in [-0.4, -0.2) is 37.1 Å². The molecule has 1 saturated heterocycles. The summed E-state index contributed by atoms with van der Waals surface area (Å²) in [7, 11) is 0. The predicted octanol–water partition coefficient (Wildman–Crippen LogP) is 5.64. The summed E-state index contributed by atoms with van der Waals surface area (Å²) in [6, 6.07) is 19.5. The molecule has 4 nitrogen and oxygen atoms in total. The molecular formula is C24H25ClN2O2S. The number of rotatable bonds is 6. The first-order valence-corrected chi connectivity index (χ1v) is 11.4. The maximum Gasteiger partial charge on any atom is 0.256 e. The maximum atomic E-state index is 12.9. The smallest absolute Gasteiger partial charge is 0.256 e. The molecule has 6 heteroatoms. The molecule has 0 saturated carbocycles. The average molecular weight is 441 g/mol. The Labute approximate surface area is 186 Å². The van der Waals surface area contributed by atoms with Gasteiger partial charge in [0.05, 0.1) is 19.3 Å². The van der Waals surface area contributed by atoms with Crippen molar-refractivity contribution in [1.29, 1.82) is 0 Å². The van der Waals surface area contributed by atoms with Crippen molar-refractivity contribution in [2.75, 3.05) is 31.6 Å². The zero-order valence-corrected chi connectivity index (χ0v) is 18.5. The van der Waals surface area contributed by atoms with E-state index in [9.17, 15) is 4.79 Å². The van der Waals surface area contributed by atoms with Crippen LogP contribution in [0.4, 0.5) is 5.00 Å². The fourth-order valence-corrected chi connectivity index (χ4v) is 5.06. The normalized spacial score (nSPS) is 15.7. The second-order valence-electron chi connectivity index (χ2n) is 7.24. The molecule has 1 aliphatic rings. The molecule has 0 radical (unpaired) electrons. The number of nitrogens with zero attached hydrogens (tertiary/aromatic N) is 1. The number of ether oxygens (including phenoxy) is 1. The maximum absolute atomic E-state index is 12.9. The van der Waals surface area contributed by atoms with Crippen LogP contribution in [0.1, 0.15) is 39.3 Å². The highest BCUT2D eigenvalue weighted by molar-refractivity contribution is 7.16. The quantitative estimate of drug-likeness (QED) is 0.539. The molecule has 1 amide bonds. The first-order valence-electron chi connectivity index (χ1n) is 10.2. The van der Waals surface area contributed by atoms with Gasteiger partial charge in [-0.25, -0.2) is 0 Å². The van der Waals surface area contributed by atoms with E-state index in [0.29, 0.717) is 18.8 Å². The van der Waals surface area contributed by atoms with Gasteiger partial charge < -0.3 is 10.1 Å². The van der Waals surface area contributed by atoms with Gasteiger partial charge in [0, 0.05) is 34.1 Å². The summed E-state index contributed by atoms with van der Waals surface area (Å²) >= 11 is 8.28. The number of amides is 1. The molecular weight excluding hydrogens is 416 g/mol. The Bertz CT molecular complexity index is 999. The van der Waals surface area contributed by atoms with E-state index in [4.69, 9.17) is 16.3 Å². The van der Waals surface area contributed by atoms with E-state index in [2.05, 4.69) is 29.3 Å². The second-order valence-corrected chi connectivity index (χ2v) is 8.79. The third kappa shape index (κ3) is 4.60. The van der Waals surface area contributed by atoms with Gasteiger partial charge in [-0.05, 0) is 36.2 Å². The molecule has 0 aliphatic carbocycles. The van der Waals surface area contributed by atoms with Crippen LogP contribution in [0.3, 0.4) is 0 Å². The number of halogens is 1. The fraction of sp³-hybridized carbons (Fsp3) is 0.292. The molecule has 156 valence electrons. The summed E-state index contributed by atoms with van der Waals surface area (Å²) in [5.41, 5.74) is 2.79. The van der Waals surface area contributed by atoms with E-state index in [1.807, 2.05) is 48.5 Å². The molecule has 1 atom stereocenters. The number of benzene rings is 2. The molecule has 1 unspecified atom stereocenters. The molecule has 2 aromatic carbocycles. The number of hydrogen-bond acceptors (Lipinski definition) is 4. The summed E-state index contributed by atoms with van der Waals surface area (Å²) in [6.45, 7) is 5.16. The Balaban J connectivity index is 1.75. The van der Waals surface area contributed by atoms with Gasteiger partial charge in [0.25, 0.3) is 5.91 Å². The van der Waals surface area contributed by atoms with Gasteiger partial charge >= 0.3 is 0 Å². The van der Waals surface area contributed by atoms with Crippen molar-refractivity contribution in [1.82, 2.24) is 4.90 Å². The zero-order chi connectivity index (χ0) is 20.9. The lowest BCUT2D eigenvalue weighted by molar-refractivity contribution is 0.0241. The van der Waals surface area contributed by atoms with E-state index in [-0.39, 0.29) is 11.9 Å². The highest BCUT2D eigenvalue weighted by Gasteiger charge is 2.30. The highest BCUT2D eigenvalue weighted by Crippen LogP contribution is 2.41. The minimum atomic E-state index is -0.0961. The van der Waals surface area contributed by atoms with Crippen LogP contribution >= 0.6 is 22.9 Å². The van der Waals surface area contributed by atoms with Crippen molar-refractivity contribution in [2.45, 2.75) is 19.4 Å². The Morgan fingerprint density at radius 3 is 2.50 bits per heavy atom. The standard InChI is InChI=1S/C24H25ClN2O2S/c1-2-18-16-20(24(30-18)26-23(28)17-8-4-3-5-9-17)22(27-12-14-29-15-13-27)19-10-6-7-11-21(19)25/h3-11,16,22H,2,12-15H2,1H3,(H,26,28). The zero-order valence-electron chi connectivity index (χ0n) is 16.9. The van der Waals surface area contributed by atoms with Crippen LogP contribution in [0.15, 0.2) is 60.7 Å². The molecule has 4 rings (SSSR count). The topological polar surface area (TPSA) is 41.6 Å². The van der Waals surface area contributed by atoms with Crippen LogP contribution in [0.5, 0.6) is 0 Å². The molecule has 3 aromatic rings. The molecule has 1 aliphatic heterocycles. The van der Waals surface area contributed by atoms with Gasteiger partial charge in [-0.1, -0.05) is 54.9 Å². The van der Waals surface area contributed by atoms with Crippen LogP contribution in [0, 0.1) is 0 Å². The van der Waals surface area contributed by atoms with Crippen molar-refractivity contribution in [3.8, 4) is 0 Å². The fourth-order valence-electron chi connectivity index (χ4n) is 3.79. The monoisotopic (exact) mass is 440 g/mol. The van der Waals surface area contributed by atoms with Gasteiger partial charge in [-0.2, -0.15) is 0 Å². The third-order valence-electron chi connectivity index (χ3n) is 5.33. The lowest BCUT2D eigenvalue weighted by Crippen LogP contribution is -2.39. The summed E-state index contributed by atoms with van der Waals surface area (Å²) in [4.78, 5) is 16.5. The average Bonchev–Trinajstić information content (AvgIpc) is 3.19. The first kappa shape index (κ1) is 21.1. The molecule has 0 bridgehead atoms. The predicted molar refractivity (Wildman–Crippen MR) is 124 cm³/mol. The van der Waals surface area contributed by atoms with Gasteiger partial charge in [0.15, 0.2) is 0 Å². The highest BCUT2D eigenvalue weighted by atomic mass is 35.5. The number of carbonyl (C=O) groups is 1. The van der Waals surface area contributed by atoms with Crippen molar-refractivity contribution in [3.05, 3.63) is 87.3 Å². The summed E-state index contributed by atoms with van der Waals surface area (Å²) < 4.78 is 5.59. The summed E-state index contributed by atoms with van der Waals surface area (Å²) in [6.07, 6.45) is 0.914. The van der Waals surface area contributed by atoms with E-state index in [1.165, 1.54) is 4.88 Å². The number of thiophene rings is 1. The van der Waals surface area contributed by atoms with E-state index in [0.717, 1.165) is 40.7 Å².